The zero-order valence-corrected chi connectivity index (χ0v) is 21.6. The van der Waals surface area contributed by atoms with Gasteiger partial charge in [0.05, 0.1) is 25.4 Å². The van der Waals surface area contributed by atoms with Gasteiger partial charge >= 0.3 is 0 Å². The molecule has 1 unspecified atom stereocenters. The van der Waals surface area contributed by atoms with Crippen molar-refractivity contribution in [3.63, 3.8) is 0 Å². The smallest absolute Gasteiger partial charge is 0.194 e. The second-order valence-corrected chi connectivity index (χ2v) is 9.25. The van der Waals surface area contributed by atoms with Crippen LogP contribution >= 0.6 is 0 Å². The molecule has 37 heavy (non-hydrogen) atoms. The number of ether oxygens (including phenoxy) is 3. The molecule has 194 valence electrons. The quantitative estimate of drug-likeness (QED) is 0.293. The molecule has 0 radical (unpaired) electrons. The highest BCUT2D eigenvalue weighted by Gasteiger charge is 2.56. The second-order valence-electron chi connectivity index (χ2n) is 9.25. The summed E-state index contributed by atoms with van der Waals surface area (Å²) in [7, 11) is 3.12. The highest BCUT2D eigenvalue weighted by atomic mass is 16.5. The molecule has 0 spiro atoms. The van der Waals surface area contributed by atoms with Crippen LogP contribution in [0.5, 0.6) is 28.7 Å². The van der Waals surface area contributed by atoms with Gasteiger partial charge in [-0.15, -0.1) is 0 Å². The number of fused-ring (bicyclic) bond motifs is 3. The molecule has 1 heterocycles. The molecular weight excluding hydrogens is 478 g/mol. The number of rotatable bonds is 7. The van der Waals surface area contributed by atoms with Crippen molar-refractivity contribution >= 4 is 17.3 Å². The van der Waals surface area contributed by atoms with Gasteiger partial charge in [0.1, 0.15) is 34.0 Å². The summed E-state index contributed by atoms with van der Waals surface area (Å²) in [5, 5.41) is 24.5. The highest BCUT2D eigenvalue weighted by Crippen LogP contribution is 2.57. The summed E-state index contributed by atoms with van der Waals surface area (Å²) >= 11 is 0. The third kappa shape index (κ3) is 3.91. The van der Waals surface area contributed by atoms with Gasteiger partial charge in [0.2, 0.25) is 0 Å². The molecule has 0 fully saturated rings. The normalized spacial score (nSPS) is 19.5. The van der Waals surface area contributed by atoms with Gasteiger partial charge in [-0.1, -0.05) is 6.07 Å². The highest BCUT2D eigenvalue weighted by molar-refractivity contribution is 6.31. The number of Topliss-reactive ketones (excluding diaryl/α,β-unsaturated/α-hetero) is 2. The molecule has 2 aromatic rings. The molecule has 0 saturated carbocycles. The topological polar surface area (TPSA) is 131 Å². The van der Waals surface area contributed by atoms with Crippen molar-refractivity contribution in [3.8, 4) is 28.7 Å². The molecule has 9 nitrogen and oxygen atoms in total. The number of phenolic OH excluding ortho intramolecular Hbond substituents is 2. The van der Waals surface area contributed by atoms with Crippen LogP contribution in [-0.2, 0) is 21.4 Å². The summed E-state index contributed by atoms with van der Waals surface area (Å²) in [6.45, 7) is 6.30. The maximum atomic E-state index is 13.8. The van der Waals surface area contributed by atoms with Crippen LogP contribution in [0.25, 0.3) is 0 Å². The lowest BCUT2D eigenvalue weighted by Gasteiger charge is -2.29. The summed E-state index contributed by atoms with van der Waals surface area (Å²) in [6, 6.07) is 5.56. The van der Waals surface area contributed by atoms with Gasteiger partial charge in [-0.05, 0) is 51.8 Å². The van der Waals surface area contributed by atoms with E-state index >= 15 is 0 Å². The van der Waals surface area contributed by atoms with Gasteiger partial charge < -0.3 is 29.7 Å². The van der Waals surface area contributed by atoms with Crippen LogP contribution < -0.4 is 19.5 Å². The Balaban J connectivity index is 1.68. The minimum absolute atomic E-state index is 0.00202. The van der Waals surface area contributed by atoms with Gasteiger partial charge in [-0.2, -0.15) is 0 Å². The molecule has 9 heteroatoms. The first-order valence-electron chi connectivity index (χ1n) is 11.7. The average molecular weight is 508 g/mol. The molecule has 2 aliphatic rings. The number of nitrogens with one attached hydrogen (secondary N) is 1. The molecule has 0 bridgehead atoms. The van der Waals surface area contributed by atoms with Crippen LogP contribution in [0.3, 0.4) is 0 Å². The Morgan fingerprint density at radius 2 is 1.76 bits per heavy atom. The van der Waals surface area contributed by atoms with E-state index in [1.165, 1.54) is 26.8 Å². The van der Waals surface area contributed by atoms with E-state index in [-0.39, 0.29) is 39.5 Å². The van der Waals surface area contributed by atoms with Crippen molar-refractivity contribution in [2.24, 2.45) is 0 Å². The SMILES string of the molecule is COc1ccc(CCN/C(C)=C2\C(=O)C=C3Oc4c(C(C)=O)c(O)c(C)c(O)c4C3(C)C2=O)cc1OC. The van der Waals surface area contributed by atoms with Crippen molar-refractivity contribution < 1.29 is 38.8 Å². The molecule has 1 aliphatic carbocycles. The lowest BCUT2D eigenvalue weighted by atomic mass is 9.70. The van der Waals surface area contributed by atoms with Gasteiger partial charge in [0.15, 0.2) is 28.8 Å². The van der Waals surface area contributed by atoms with Crippen molar-refractivity contribution in [3.05, 3.63) is 63.6 Å². The average Bonchev–Trinajstić information content (AvgIpc) is 3.15. The lowest BCUT2D eigenvalue weighted by molar-refractivity contribution is -0.123. The predicted octanol–water partition coefficient (Wildman–Crippen LogP) is 3.42. The summed E-state index contributed by atoms with van der Waals surface area (Å²) in [6.07, 6.45) is 1.78. The van der Waals surface area contributed by atoms with Crippen LogP contribution in [0.1, 0.15) is 47.8 Å². The molecule has 0 aromatic heterocycles. The summed E-state index contributed by atoms with van der Waals surface area (Å²) in [4.78, 5) is 39.2. The van der Waals surface area contributed by atoms with E-state index in [9.17, 15) is 24.6 Å². The van der Waals surface area contributed by atoms with Crippen LogP contribution in [0.15, 0.2) is 41.3 Å². The monoisotopic (exact) mass is 507 g/mol. The standard InChI is InChI=1S/C28H29NO8/c1-13-24(32)22(15(3)30)26-23(25(13)33)28(4)20(37-26)12-17(31)21(27(28)34)14(2)29-10-9-16-7-8-18(35-5)19(11-16)36-6/h7-8,11-12,29,32-33H,9-10H2,1-6H3/b21-14+. The molecule has 3 N–H and O–H groups in total. The van der Waals surface area contributed by atoms with Crippen molar-refractivity contribution in [1.29, 1.82) is 0 Å². The van der Waals surface area contributed by atoms with Crippen molar-refractivity contribution in [2.45, 2.75) is 39.5 Å². The molecule has 1 atom stereocenters. The number of carbonyl (C=O) groups is 3. The number of hydrogen-bond donors (Lipinski definition) is 3. The Labute approximate surface area is 214 Å². The number of methoxy groups -OCH3 is 2. The fraction of sp³-hybridized carbons (Fsp3) is 0.321. The van der Waals surface area contributed by atoms with Crippen molar-refractivity contribution in [2.75, 3.05) is 20.8 Å². The molecular formula is C28H29NO8. The molecule has 1 aliphatic heterocycles. The van der Waals surface area contributed by atoms with E-state index in [4.69, 9.17) is 14.2 Å². The number of benzene rings is 2. The Morgan fingerprint density at radius 3 is 2.38 bits per heavy atom. The van der Waals surface area contributed by atoms with E-state index < -0.39 is 28.5 Å². The zero-order chi connectivity index (χ0) is 27.2. The first kappa shape index (κ1) is 25.8. The molecule has 0 saturated heterocycles. The number of phenols is 2. The van der Waals surface area contributed by atoms with E-state index in [1.54, 1.807) is 27.2 Å². The Hall–Kier alpha value is -4.27. The van der Waals surface area contributed by atoms with E-state index in [2.05, 4.69) is 5.32 Å². The van der Waals surface area contributed by atoms with E-state index in [1.807, 2.05) is 12.1 Å². The predicted molar refractivity (Wildman–Crippen MR) is 135 cm³/mol. The number of allylic oxidation sites excluding steroid dienone is 4. The lowest BCUT2D eigenvalue weighted by Crippen LogP contribution is -2.41. The fourth-order valence-electron chi connectivity index (χ4n) is 4.88. The Bertz CT molecular complexity index is 1420. The summed E-state index contributed by atoms with van der Waals surface area (Å²) in [5.41, 5.74) is -0.294. The minimum atomic E-state index is -1.54. The molecule has 4 rings (SSSR count). The van der Waals surface area contributed by atoms with Gasteiger partial charge in [-0.25, -0.2) is 0 Å². The molecule has 0 amide bonds. The van der Waals surface area contributed by atoms with Gasteiger partial charge in [0.25, 0.3) is 0 Å². The largest absolute Gasteiger partial charge is 0.507 e. The first-order valence-corrected chi connectivity index (χ1v) is 11.7. The Morgan fingerprint density at radius 1 is 1.08 bits per heavy atom. The number of carbonyl (C=O) groups excluding carboxylic acids is 3. The van der Waals surface area contributed by atoms with Crippen LogP contribution in [0.2, 0.25) is 0 Å². The maximum absolute atomic E-state index is 13.8. The van der Waals surface area contributed by atoms with Crippen LogP contribution in [0.4, 0.5) is 0 Å². The van der Waals surface area contributed by atoms with E-state index in [0.717, 1.165) is 5.56 Å². The number of ketones is 3. The maximum Gasteiger partial charge on any atom is 0.194 e. The zero-order valence-electron chi connectivity index (χ0n) is 21.6. The first-order chi connectivity index (χ1) is 17.5. The second kappa shape index (κ2) is 9.31. The fourth-order valence-corrected chi connectivity index (χ4v) is 4.88. The summed E-state index contributed by atoms with van der Waals surface area (Å²) < 4.78 is 16.4. The minimum Gasteiger partial charge on any atom is -0.507 e. The third-order valence-corrected chi connectivity index (χ3v) is 7.01. The summed E-state index contributed by atoms with van der Waals surface area (Å²) in [5.74, 6) is -1.29. The van der Waals surface area contributed by atoms with E-state index in [0.29, 0.717) is 30.2 Å². The van der Waals surface area contributed by atoms with Gasteiger partial charge in [0, 0.05) is 23.9 Å². The van der Waals surface area contributed by atoms with Crippen LogP contribution in [0, 0.1) is 6.92 Å². The molecule has 2 aromatic carbocycles. The van der Waals surface area contributed by atoms with Crippen LogP contribution in [-0.4, -0.2) is 48.3 Å². The number of aromatic hydroxyl groups is 2. The number of hydrogen-bond acceptors (Lipinski definition) is 9. The van der Waals surface area contributed by atoms with Crippen molar-refractivity contribution in [1.82, 2.24) is 5.32 Å². The van der Waals surface area contributed by atoms with Gasteiger partial charge in [-0.3, -0.25) is 14.4 Å². The Kier molecular flexibility index (Phi) is 6.50. The third-order valence-electron chi connectivity index (χ3n) is 7.01.